The first-order valence-electron chi connectivity index (χ1n) is 14.2. The van der Waals surface area contributed by atoms with Crippen molar-refractivity contribution in [2.75, 3.05) is 4.90 Å². The van der Waals surface area contributed by atoms with E-state index in [0.717, 1.165) is 28.2 Å². The predicted molar refractivity (Wildman–Crippen MR) is 180 cm³/mol. The maximum Gasteiger partial charge on any atom is 0.488 e. The molecule has 0 aliphatic heterocycles. The quantitative estimate of drug-likeness (QED) is 0.162. The number of rotatable bonds is 6. The summed E-state index contributed by atoms with van der Waals surface area (Å²) >= 11 is 0. The molecular formula is C38H34BNO2. The first-order chi connectivity index (χ1) is 20.6. The molecule has 0 saturated carbocycles. The SMILES string of the molecule is C/C=C\C.OB(O)c1ccc(-c2ccccc2N(c2ccc(-c3ccccc3)cc2)c2ccc3ccccc3c2)cc1. The minimum Gasteiger partial charge on any atom is -0.423 e. The van der Waals surface area contributed by atoms with Crippen molar-refractivity contribution in [1.82, 2.24) is 0 Å². The Morgan fingerprint density at radius 2 is 1.05 bits per heavy atom. The van der Waals surface area contributed by atoms with E-state index in [0.29, 0.717) is 5.46 Å². The molecule has 0 heterocycles. The lowest BCUT2D eigenvalue weighted by Crippen LogP contribution is -2.29. The first kappa shape index (κ1) is 28.6. The summed E-state index contributed by atoms with van der Waals surface area (Å²) in [6.45, 7) is 4.00. The van der Waals surface area contributed by atoms with Crippen LogP contribution in [-0.4, -0.2) is 17.2 Å². The van der Waals surface area contributed by atoms with Gasteiger partial charge in [0.25, 0.3) is 0 Å². The second-order valence-corrected chi connectivity index (χ2v) is 9.96. The molecule has 0 unspecified atom stereocenters. The number of hydrogen-bond acceptors (Lipinski definition) is 3. The van der Waals surface area contributed by atoms with Gasteiger partial charge in [-0.3, -0.25) is 0 Å². The molecule has 6 rings (SSSR count). The Morgan fingerprint density at radius 3 is 1.71 bits per heavy atom. The van der Waals surface area contributed by atoms with Crippen LogP contribution in [0.25, 0.3) is 33.0 Å². The van der Waals surface area contributed by atoms with Gasteiger partial charge in [-0.15, -0.1) is 0 Å². The van der Waals surface area contributed by atoms with Gasteiger partial charge < -0.3 is 14.9 Å². The standard InChI is InChI=1S/C34H26BNO2.C4H8/c37-35(38)30-19-14-28(15-20-30)33-12-6-7-13-34(33)36(32-23-18-26-10-4-5-11-29(26)24-32)31-21-16-27(17-22-31)25-8-2-1-3-9-25;1-3-4-2/h1-24,37-38H;3-4H,1-2H3/b;4-3-. The van der Waals surface area contributed by atoms with E-state index in [9.17, 15) is 10.0 Å². The highest BCUT2D eigenvalue weighted by molar-refractivity contribution is 6.58. The lowest BCUT2D eigenvalue weighted by atomic mass is 9.80. The summed E-state index contributed by atoms with van der Waals surface area (Å²) in [5.74, 6) is 0. The molecule has 4 heteroatoms. The summed E-state index contributed by atoms with van der Waals surface area (Å²) in [7, 11) is -1.49. The van der Waals surface area contributed by atoms with Gasteiger partial charge in [-0.25, -0.2) is 0 Å². The molecule has 0 saturated heterocycles. The highest BCUT2D eigenvalue weighted by Crippen LogP contribution is 2.41. The van der Waals surface area contributed by atoms with Gasteiger partial charge in [0.2, 0.25) is 0 Å². The fraction of sp³-hybridized carbons (Fsp3) is 0.0526. The Hall–Kier alpha value is -4.90. The van der Waals surface area contributed by atoms with Gasteiger partial charge in [-0.2, -0.15) is 0 Å². The maximum atomic E-state index is 9.56. The fourth-order valence-electron chi connectivity index (χ4n) is 4.92. The molecule has 0 spiro atoms. The van der Waals surface area contributed by atoms with Gasteiger partial charge in [0.1, 0.15) is 0 Å². The van der Waals surface area contributed by atoms with Crippen LogP contribution in [0.3, 0.4) is 0 Å². The van der Waals surface area contributed by atoms with Crippen molar-refractivity contribution in [2.24, 2.45) is 0 Å². The summed E-state index contributed by atoms with van der Waals surface area (Å²) in [6, 6.07) is 49.7. The summed E-state index contributed by atoms with van der Waals surface area (Å²) in [4.78, 5) is 2.28. The molecule has 0 radical (unpaired) electrons. The summed E-state index contributed by atoms with van der Waals surface area (Å²) in [5.41, 5.74) is 8.01. The van der Waals surface area contributed by atoms with Crippen molar-refractivity contribution in [2.45, 2.75) is 13.8 Å². The molecular weight excluding hydrogens is 513 g/mol. The molecule has 0 amide bonds. The highest BCUT2D eigenvalue weighted by Gasteiger charge is 2.18. The van der Waals surface area contributed by atoms with Crippen LogP contribution in [-0.2, 0) is 0 Å². The van der Waals surface area contributed by atoms with E-state index in [-0.39, 0.29) is 0 Å². The summed E-state index contributed by atoms with van der Waals surface area (Å²) in [5, 5.41) is 21.5. The Kier molecular flexibility index (Phi) is 9.30. The van der Waals surface area contributed by atoms with E-state index >= 15 is 0 Å². The molecule has 3 nitrogen and oxygen atoms in total. The molecule has 6 aromatic rings. The number of fused-ring (bicyclic) bond motifs is 1. The number of benzene rings is 6. The monoisotopic (exact) mass is 547 g/mol. The average Bonchev–Trinajstić information content (AvgIpc) is 3.06. The molecule has 0 bridgehead atoms. The van der Waals surface area contributed by atoms with Crippen LogP contribution in [0.2, 0.25) is 0 Å². The zero-order chi connectivity index (χ0) is 29.3. The second-order valence-electron chi connectivity index (χ2n) is 9.96. The van der Waals surface area contributed by atoms with Gasteiger partial charge in [-0.1, -0.05) is 127 Å². The van der Waals surface area contributed by atoms with Crippen LogP contribution in [0.15, 0.2) is 158 Å². The summed E-state index contributed by atoms with van der Waals surface area (Å²) < 4.78 is 0. The third kappa shape index (κ3) is 6.53. The van der Waals surface area contributed by atoms with E-state index in [1.807, 2.05) is 50.3 Å². The van der Waals surface area contributed by atoms with E-state index in [4.69, 9.17) is 0 Å². The number of hydrogen-bond donors (Lipinski definition) is 2. The number of allylic oxidation sites excluding steroid dienone is 2. The van der Waals surface area contributed by atoms with Crippen LogP contribution in [0, 0.1) is 0 Å². The largest absolute Gasteiger partial charge is 0.488 e. The molecule has 2 N–H and O–H groups in total. The average molecular weight is 548 g/mol. The molecule has 206 valence electrons. The normalized spacial score (nSPS) is 10.8. The third-order valence-corrected chi connectivity index (χ3v) is 7.22. The smallest absolute Gasteiger partial charge is 0.423 e. The van der Waals surface area contributed by atoms with Crippen molar-refractivity contribution in [3.63, 3.8) is 0 Å². The van der Waals surface area contributed by atoms with Crippen molar-refractivity contribution in [1.29, 1.82) is 0 Å². The van der Waals surface area contributed by atoms with Crippen LogP contribution in [0.5, 0.6) is 0 Å². The molecule has 42 heavy (non-hydrogen) atoms. The number of anilines is 3. The third-order valence-electron chi connectivity index (χ3n) is 7.22. The van der Waals surface area contributed by atoms with Crippen molar-refractivity contribution >= 4 is 40.4 Å². The molecule has 6 aromatic carbocycles. The van der Waals surface area contributed by atoms with E-state index < -0.39 is 7.12 Å². The lowest BCUT2D eigenvalue weighted by molar-refractivity contribution is 0.426. The van der Waals surface area contributed by atoms with Crippen LogP contribution >= 0.6 is 0 Å². The van der Waals surface area contributed by atoms with Gasteiger partial charge in [0.15, 0.2) is 0 Å². The van der Waals surface area contributed by atoms with Crippen molar-refractivity contribution in [3.05, 3.63) is 158 Å². The molecule has 0 aliphatic rings. The molecule has 0 atom stereocenters. The van der Waals surface area contributed by atoms with E-state index in [2.05, 4.69) is 114 Å². The zero-order valence-corrected chi connectivity index (χ0v) is 23.9. The van der Waals surface area contributed by atoms with Crippen molar-refractivity contribution in [3.8, 4) is 22.3 Å². The van der Waals surface area contributed by atoms with Crippen LogP contribution in [0.1, 0.15) is 13.8 Å². The minimum absolute atomic E-state index is 0.467. The summed E-state index contributed by atoms with van der Waals surface area (Å²) in [6.07, 6.45) is 4.00. The van der Waals surface area contributed by atoms with Crippen molar-refractivity contribution < 1.29 is 10.0 Å². The maximum absolute atomic E-state index is 9.56. The van der Waals surface area contributed by atoms with Crippen LogP contribution < -0.4 is 10.4 Å². The molecule has 0 aliphatic carbocycles. The lowest BCUT2D eigenvalue weighted by Gasteiger charge is -2.28. The van der Waals surface area contributed by atoms with Crippen LogP contribution in [0.4, 0.5) is 17.1 Å². The van der Waals surface area contributed by atoms with E-state index in [1.165, 1.54) is 21.9 Å². The molecule has 0 fully saturated rings. The Balaban J connectivity index is 0.000000830. The Morgan fingerprint density at radius 1 is 0.500 bits per heavy atom. The fourth-order valence-corrected chi connectivity index (χ4v) is 4.92. The number of nitrogens with zero attached hydrogens (tertiary/aromatic N) is 1. The Labute approximate surface area is 248 Å². The highest BCUT2D eigenvalue weighted by atomic mass is 16.4. The van der Waals surface area contributed by atoms with Gasteiger partial charge >= 0.3 is 7.12 Å². The number of para-hydroxylation sites is 1. The zero-order valence-electron chi connectivity index (χ0n) is 23.9. The minimum atomic E-state index is -1.49. The van der Waals surface area contributed by atoms with E-state index in [1.54, 1.807) is 12.1 Å². The Bertz CT molecular complexity index is 1760. The predicted octanol–water partition coefficient (Wildman–Crippen LogP) is 8.91. The first-order valence-corrected chi connectivity index (χ1v) is 14.2. The topological polar surface area (TPSA) is 43.7 Å². The molecule has 0 aromatic heterocycles. The van der Waals surface area contributed by atoms with Gasteiger partial charge in [-0.05, 0) is 77.1 Å². The van der Waals surface area contributed by atoms with Gasteiger partial charge in [0, 0.05) is 16.9 Å². The second kappa shape index (κ2) is 13.6. The van der Waals surface area contributed by atoms with Gasteiger partial charge in [0.05, 0.1) is 5.69 Å².